The zero-order valence-electron chi connectivity index (χ0n) is 22.5. The van der Waals surface area contributed by atoms with Gasteiger partial charge in [0.2, 0.25) is 0 Å². The van der Waals surface area contributed by atoms with Gasteiger partial charge in [-0.1, -0.05) is 6.07 Å². The maximum absolute atomic E-state index is 14.6. The number of ether oxygens (including phenoxy) is 1. The molecule has 6 rings (SSSR count). The Hall–Kier alpha value is -3.68. The zero-order chi connectivity index (χ0) is 28.8. The van der Waals surface area contributed by atoms with E-state index < -0.39 is 26.9 Å². The van der Waals surface area contributed by atoms with Crippen LogP contribution in [0.1, 0.15) is 24.0 Å². The van der Waals surface area contributed by atoms with Gasteiger partial charge in [-0.3, -0.25) is 0 Å². The molecule has 1 saturated heterocycles. The van der Waals surface area contributed by atoms with Crippen LogP contribution in [0.25, 0.3) is 22.9 Å². The van der Waals surface area contributed by atoms with E-state index in [-0.39, 0.29) is 24.0 Å². The Kier molecular flexibility index (Phi) is 7.12. The fourth-order valence-corrected chi connectivity index (χ4v) is 6.21. The van der Waals surface area contributed by atoms with Crippen molar-refractivity contribution in [2.24, 2.45) is 0 Å². The molecule has 41 heavy (non-hydrogen) atoms. The van der Waals surface area contributed by atoms with Crippen LogP contribution < -0.4 is 4.74 Å². The highest BCUT2D eigenvalue weighted by atomic mass is 32.2. The average molecular weight is 585 g/mol. The fraction of sp³-hybridized carbons (Fsp3) is 0.393. The second-order valence-corrected chi connectivity index (χ2v) is 13.0. The van der Waals surface area contributed by atoms with Crippen LogP contribution in [-0.4, -0.2) is 87.8 Å². The number of fused-ring (bicyclic) bond motifs is 3. The number of halogens is 2. The lowest BCUT2D eigenvalue weighted by molar-refractivity contribution is 0.104. The van der Waals surface area contributed by atoms with Crippen LogP contribution in [0.3, 0.4) is 0 Å². The van der Waals surface area contributed by atoms with Crippen LogP contribution in [0, 0.1) is 11.6 Å². The summed E-state index contributed by atoms with van der Waals surface area (Å²) >= 11 is 0. The molecule has 0 amide bonds. The summed E-state index contributed by atoms with van der Waals surface area (Å²) in [4.78, 5) is 6.41. The average Bonchev–Trinajstić information content (AvgIpc) is 3.56. The third-order valence-electron chi connectivity index (χ3n) is 8.03. The molecule has 4 heterocycles. The van der Waals surface area contributed by atoms with Gasteiger partial charge in [0.05, 0.1) is 24.7 Å². The molecule has 2 aliphatic rings. The lowest BCUT2D eigenvalue weighted by Gasteiger charge is -2.41. The summed E-state index contributed by atoms with van der Waals surface area (Å²) in [5, 5.41) is 19.5. The third-order valence-corrected chi connectivity index (χ3v) is 8.96. The molecular formula is C28H30F2N6O4S. The first kappa shape index (κ1) is 27.5. The van der Waals surface area contributed by atoms with E-state index in [1.165, 1.54) is 28.0 Å². The molecule has 0 unspecified atom stereocenters. The van der Waals surface area contributed by atoms with Gasteiger partial charge in [-0.15, -0.1) is 0 Å². The number of rotatable bonds is 7. The molecule has 13 heteroatoms. The molecule has 1 N–H and O–H groups in total. The number of aromatic nitrogens is 5. The molecule has 0 atom stereocenters. The second kappa shape index (κ2) is 10.6. The first-order valence-electron chi connectivity index (χ1n) is 13.4. The van der Waals surface area contributed by atoms with E-state index in [0.717, 1.165) is 28.8 Å². The molecule has 2 aromatic carbocycles. The number of sulfone groups is 1. The number of hydrogen-bond donors (Lipinski definition) is 1. The van der Waals surface area contributed by atoms with E-state index in [1.54, 1.807) is 0 Å². The Morgan fingerprint density at radius 1 is 1.12 bits per heavy atom. The van der Waals surface area contributed by atoms with Crippen molar-refractivity contribution in [1.29, 1.82) is 0 Å². The van der Waals surface area contributed by atoms with Gasteiger partial charge in [-0.2, -0.15) is 19.9 Å². The Labute approximate surface area is 236 Å². The number of nitrogens with zero attached hydrogens (tertiary/aromatic N) is 6. The first-order chi connectivity index (χ1) is 19.7. The van der Waals surface area contributed by atoms with E-state index in [9.17, 15) is 22.3 Å². The van der Waals surface area contributed by atoms with Crippen molar-refractivity contribution >= 4 is 9.84 Å². The van der Waals surface area contributed by atoms with E-state index >= 15 is 0 Å². The maximum Gasteiger partial charge on any atom is 0.253 e. The van der Waals surface area contributed by atoms with Crippen molar-refractivity contribution in [3.63, 3.8) is 0 Å². The van der Waals surface area contributed by atoms with Gasteiger partial charge in [-0.25, -0.2) is 21.9 Å². The zero-order valence-corrected chi connectivity index (χ0v) is 23.3. The van der Waals surface area contributed by atoms with Crippen molar-refractivity contribution in [1.82, 2.24) is 29.4 Å². The van der Waals surface area contributed by atoms with E-state index in [4.69, 9.17) is 9.84 Å². The maximum atomic E-state index is 14.6. The number of hydrogen-bond acceptors (Lipinski definition) is 8. The molecular weight excluding hydrogens is 554 g/mol. The van der Waals surface area contributed by atoms with Gasteiger partial charge in [0.1, 0.15) is 33.4 Å². The minimum atomic E-state index is -3.05. The number of aliphatic hydroxyl groups is 1. The fourth-order valence-electron chi connectivity index (χ4n) is 5.62. The minimum absolute atomic E-state index is 0.0415. The largest absolute Gasteiger partial charge is 0.493 e. The van der Waals surface area contributed by atoms with Gasteiger partial charge in [0.25, 0.3) is 5.95 Å². The molecule has 2 aliphatic heterocycles. The summed E-state index contributed by atoms with van der Waals surface area (Å²) in [6, 6.07) is 9.16. The summed E-state index contributed by atoms with van der Waals surface area (Å²) in [6.07, 6.45) is 6.28. The highest BCUT2D eigenvalue weighted by Crippen LogP contribution is 2.41. The second-order valence-electron chi connectivity index (χ2n) is 10.7. The van der Waals surface area contributed by atoms with Crippen LogP contribution in [0.2, 0.25) is 0 Å². The van der Waals surface area contributed by atoms with Crippen LogP contribution in [0.15, 0.2) is 48.9 Å². The number of benzene rings is 2. The predicted molar refractivity (Wildman–Crippen MR) is 147 cm³/mol. The van der Waals surface area contributed by atoms with Gasteiger partial charge in [0, 0.05) is 48.0 Å². The van der Waals surface area contributed by atoms with Crippen LogP contribution in [0.5, 0.6) is 5.75 Å². The minimum Gasteiger partial charge on any atom is -0.493 e. The monoisotopic (exact) mass is 584 g/mol. The van der Waals surface area contributed by atoms with Gasteiger partial charge in [-0.05, 0) is 55.8 Å². The molecule has 0 bridgehead atoms. The third kappa shape index (κ3) is 5.36. The summed E-state index contributed by atoms with van der Waals surface area (Å²) in [5.74, 6) is -0.433. The van der Waals surface area contributed by atoms with E-state index in [0.29, 0.717) is 56.9 Å². The number of piperidine rings is 1. The molecule has 4 aromatic rings. The van der Waals surface area contributed by atoms with Crippen molar-refractivity contribution in [2.45, 2.75) is 24.7 Å². The van der Waals surface area contributed by atoms with Crippen molar-refractivity contribution < 1.29 is 27.0 Å². The Morgan fingerprint density at radius 2 is 1.93 bits per heavy atom. The quantitative estimate of drug-likeness (QED) is 0.353. The smallest absolute Gasteiger partial charge is 0.253 e. The van der Waals surface area contributed by atoms with Crippen molar-refractivity contribution in [3.05, 3.63) is 71.7 Å². The molecule has 0 saturated carbocycles. The number of likely N-dealkylation sites (tertiary alicyclic amines) is 1. The van der Waals surface area contributed by atoms with Crippen molar-refractivity contribution in [3.8, 4) is 28.6 Å². The SMILES string of the molecule is CS(=O)(=O)CCN1CCC(CO)(c2ccc3c(c2)-c2nn(-c4ncnn4-c4ccc(F)cc4F)cc2CCO3)CC1. The normalized spacial score (nSPS) is 17.0. The van der Waals surface area contributed by atoms with Crippen LogP contribution >= 0.6 is 0 Å². The highest BCUT2D eigenvalue weighted by molar-refractivity contribution is 7.90. The lowest BCUT2D eigenvalue weighted by atomic mass is 9.73. The highest BCUT2D eigenvalue weighted by Gasteiger charge is 2.37. The van der Waals surface area contributed by atoms with Gasteiger partial charge in [0.15, 0.2) is 5.82 Å². The number of aliphatic hydroxyl groups excluding tert-OH is 1. The summed E-state index contributed by atoms with van der Waals surface area (Å²) in [6.45, 7) is 2.23. The Morgan fingerprint density at radius 3 is 2.66 bits per heavy atom. The molecule has 2 aromatic heterocycles. The molecule has 0 aliphatic carbocycles. The van der Waals surface area contributed by atoms with Crippen LogP contribution in [0.4, 0.5) is 8.78 Å². The van der Waals surface area contributed by atoms with E-state index in [2.05, 4.69) is 15.0 Å². The first-order valence-corrected chi connectivity index (χ1v) is 15.4. The molecule has 1 fully saturated rings. The van der Waals surface area contributed by atoms with Gasteiger partial charge >= 0.3 is 0 Å². The topological polar surface area (TPSA) is 115 Å². The van der Waals surface area contributed by atoms with E-state index in [1.807, 2.05) is 24.4 Å². The van der Waals surface area contributed by atoms with Crippen molar-refractivity contribution in [2.75, 3.05) is 44.9 Å². The summed E-state index contributed by atoms with van der Waals surface area (Å²) in [7, 11) is -3.05. The summed E-state index contributed by atoms with van der Waals surface area (Å²) in [5.41, 5.74) is 2.90. The molecule has 0 radical (unpaired) electrons. The van der Waals surface area contributed by atoms with Crippen LogP contribution in [-0.2, 0) is 21.7 Å². The Balaban J connectivity index is 1.33. The van der Waals surface area contributed by atoms with Gasteiger partial charge < -0.3 is 14.7 Å². The Bertz CT molecular complexity index is 1700. The lowest BCUT2D eigenvalue weighted by Crippen LogP contribution is -2.45. The standard InChI is InChI=1S/C28H30F2N6O4S/c1-41(38,39)13-11-34-9-7-28(17-37,8-10-34)20-2-5-25-22(14-20)26-19(6-12-40-25)16-35(33-26)27-31-18-32-36(27)24-4-3-21(29)15-23(24)30/h2-5,14-16,18,37H,6-13,17H2,1H3. The molecule has 0 spiro atoms. The summed E-state index contributed by atoms with van der Waals surface area (Å²) < 4.78 is 60.1. The molecule has 216 valence electrons. The molecule has 10 nitrogen and oxygen atoms in total. The predicted octanol–water partition coefficient (Wildman–Crippen LogP) is 2.70.